The van der Waals surface area contributed by atoms with E-state index in [1.54, 1.807) is 0 Å². The molecule has 2 N–H and O–H groups in total. The van der Waals surface area contributed by atoms with E-state index in [2.05, 4.69) is 40.0 Å². The van der Waals surface area contributed by atoms with Gasteiger partial charge in [0.2, 0.25) is 5.88 Å². The van der Waals surface area contributed by atoms with Crippen LogP contribution in [0.25, 0.3) is 11.0 Å². The van der Waals surface area contributed by atoms with E-state index in [0.29, 0.717) is 17.7 Å². The molecule has 0 amide bonds. The molecular formula is C22H25N3OS. The van der Waals surface area contributed by atoms with Gasteiger partial charge in [-0.2, -0.15) is 0 Å². The number of hydrogen-bond donors (Lipinski definition) is 2. The van der Waals surface area contributed by atoms with Crippen LogP contribution in [-0.2, 0) is 6.54 Å². The summed E-state index contributed by atoms with van der Waals surface area (Å²) in [6.45, 7) is 0.700. The highest BCUT2D eigenvalue weighted by Crippen LogP contribution is 2.30. The molecule has 0 atom stereocenters. The Kier molecular flexibility index (Phi) is 5.58. The molecule has 140 valence electrons. The Morgan fingerprint density at radius 3 is 2.52 bits per heavy atom. The number of hydrogen-bond acceptors (Lipinski definition) is 3. The Labute approximate surface area is 165 Å². The van der Waals surface area contributed by atoms with Crippen molar-refractivity contribution in [2.24, 2.45) is 0 Å². The number of nitrogens with zero attached hydrogens (tertiary/aromatic N) is 1. The summed E-state index contributed by atoms with van der Waals surface area (Å²) in [6, 6.07) is 20.9. The molecule has 4 rings (SSSR count). The number of anilines is 1. The number of para-hydroxylation sites is 1. The average Bonchev–Trinajstić information content (AvgIpc) is 3.16. The first-order valence-corrected chi connectivity index (χ1v) is 10.1. The van der Waals surface area contributed by atoms with Crippen molar-refractivity contribution >= 4 is 34.2 Å². The number of hydrazine groups is 1. The second-order valence-corrected chi connectivity index (χ2v) is 7.47. The summed E-state index contributed by atoms with van der Waals surface area (Å²) < 4.78 is 6.12. The topological polar surface area (TPSA) is 40.4 Å². The van der Waals surface area contributed by atoms with Crippen molar-refractivity contribution in [3.8, 4) is 0 Å². The molecule has 5 heteroatoms. The van der Waals surface area contributed by atoms with Crippen LogP contribution in [0.15, 0.2) is 65.1 Å². The van der Waals surface area contributed by atoms with Gasteiger partial charge in [0.1, 0.15) is 5.58 Å². The van der Waals surface area contributed by atoms with Crippen molar-refractivity contribution < 1.29 is 4.42 Å². The van der Waals surface area contributed by atoms with E-state index >= 15 is 0 Å². The SMILES string of the molecule is S=C(NCc1ccccc1)NN(c1cc2ccccc2o1)C1CCCCC1. The van der Waals surface area contributed by atoms with Gasteiger partial charge in [0.15, 0.2) is 5.11 Å². The summed E-state index contributed by atoms with van der Waals surface area (Å²) >= 11 is 5.57. The normalized spacial score (nSPS) is 14.8. The van der Waals surface area contributed by atoms with Crippen LogP contribution in [-0.4, -0.2) is 11.2 Å². The Bertz CT molecular complexity index is 854. The molecule has 0 unspecified atom stereocenters. The number of nitrogens with one attached hydrogen (secondary N) is 2. The summed E-state index contributed by atoms with van der Waals surface area (Å²) in [7, 11) is 0. The van der Waals surface area contributed by atoms with E-state index in [9.17, 15) is 0 Å². The summed E-state index contributed by atoms with van der Waals surface area (Å²) in [4.78, 5) is 0. The molecule has 1 heterocycles. The monoisotopic (exact) mass is 379 g/mol. The smallest absolute Gasteiger partial charge is 0.215 e. The second-order valence-electron chi connectivity index (χ2n) is 7.06. The maximum atomic E-state index is 6.12. The zero-order valence-electron chi connectivity index (χ0n) is 15.4. The molecule has 4 nitrogen and oxygen atoms in total. The second kappa shape index (κ2) is 8.44. The van der Waals surface area contributed by atoms with Crippen LogP contribution in [0.2, 0.25) is 0 Å². The van der Waals surface area contributed by atoms with Crippen molar-refractivity contribution in [2.45, 2.75) is 44.7 Å². The molecular weight excluding hydrogens is 354 g/mol. The fraction of sp³-hybridized carbons (Fsp3) is 0.318. The van der Waals surface area contributed by atoms with Crippen molar-refractivity contribution in [3.05, 3.63) is 66.2 Å². The molecule has 0 bridgehead atoms. The molecule has 2 aromatic carbocycles. The number of furan rings is 1. The van der Waals surface area contributed by atoms with E-state index in [1.165, 1.54) is 24.8 Å². The fourth-order valence-corrected chi connectivity index (χ4v) is 3.85. The number of rotatable bonds is 5. The minimum absolute atomic E-state index is 0.385. The highest BCUT2D eigenvalue weighted by molar-refractivity contribution is 7.80. The van der Waals surface area contributed by atoms with Crippen LogP contribution in [0.1, 0.15) is 37.7 Å². The summed E-state index contributed by atoms with van der Waals surface area (Å²) in [5, 5.41) is 7.16. The first kappa shape index (κ1) is 17.9. The minimum Gasteiger partial charge on any atom is -0.439 e. The molecule has 1 aliphatic rings. The van der Waals surface area contributed by atoms with Gasteiger partial charge in [-0.1, -0.05) is 67.8 Å². The van der Waals surface area contributed by atoms with Crippen molar-refractivity contribution in [2.75, 3.05) is 5.01 Å². The largest absolute Gasteiger partial charge is 0.439 e. The Hall–Kier alpha value is -2.53. The Morgan fingerprint density at radius 2 is 1.74 bits per heavy atom. The highest BCUT2D eigenvalue weighted by atomic mass is 32.1. The molecule has 0 saturated heterocycles. The number of benzene rings is 2. The third kappa shape index (κ3) is 4.42. The Morgan fingerprint density at radius 1 is 1.00 bits per heavy atom. The standard InChI is InChI=1S/C22H25N3OS/c27-22(23-16-17-9-3-1-4-10-17)24-25(19-12-5-2-6-13-19)21-15-18-11-7-8-14-20(18)26-21/h1,3-4,7-11,14-15,19H,2,5-6,12-13,16H2,(H2,23,24,27). The molecule has 1 aromatic heterocycles. The fourth-order valence-electron chi connectivity index (χ4n) is 3.68. The molecule has 1 aliphatic carbocycles. The number of fused-ring (bicyclic) bond motifs is 1. The molecule has 3 aromatic rings. The van der Waals surface area contributed by atoms with Crippen LogP contribution >= 0.6 is 12.2 Å². The Balaban J connectivity index is 1.49. The third-order valence-electron chi connectivity index (χ3n) is 5.11. The van der Waals surface area contributed by atoms with Gasteiger partial charge in [-0.15, -0.1) is 0 Å². The van der Waals surface area contributed by atoms with Crippen molar-refractivity contribution in [1.82, 2.24) is 10.7 Å². The zero-order chi connectivity index (χ0) is 18.5. The predicted octanol–water partition coefficient (Wildman–Crippen LogP) is 5.15. The van der Waals surface area contributed by atoms with Crippen LogP contribution in [0.3, 0.4) is 0 Å². The van der Waals surface area contributed by atoms with Crippen LogP contribution in [0.5, 0.6) is 0 Å². The highest BCUT2D eigenvalue weighted by Gasteiger charge is 2.25. The van der Waals surface area contributed by atoms with E-state index < -0.39 is 0 Å². The van der Waals surface area contributed by atoms with Gasteiger partial charge in [-0.3, -0.25) is 10.4 Å². The van der Waals surface area contributed by atoms with Gasteiger partial charge >= 0.3 is 0 Å². The lowest BCUT2D eigenvalue weighted by molar-refractivity contribution is 0.387. The molecule has 27 heavy (non-hydrogen) atoms. The molecule has 0 aliphatic heterocycles. The van der Waals surface area contributed by atoms with Crippen molar-refractivity contribution in [3.63, 3.8) is 0 Å². The molecule has 0 spiro atoms. The first-order chi connectivity index (χ1) is 13.3. The van der Waals surface area contributed by atoms with E-state index in [4.69, 9.17) is 16.6 Å². The number of thiocarbonyl (C=S) groups is 1. The maximum Gasteiger partial charge on any atom is 0.215 e. The van der Waals surface area contributed by atoms with Gasteiger partial charge in [0, 0.05) is 18.0 Å². The van der Waals surface area contributed by atoms with E-state index in [0.717, 1.165) is 29.7 Å². The van der Waals surface area contributed by atoms with Gasteiger partial charge in [-0.05, 0) is 36.7 Å². The van der Waals surface area contributed by atoms with Gasteiger partial charge in [0.25, 0.3) is 0 Å². The lowest BCUT2D eigenvalue weighted by Gasteiger charge is -2.34. The van der Waals surface area contributed by atoms with Crippen molar-refractivity contribution in [1.29, 1.82) is 0 Å². The summed E-state index contributed by atoms with van der Waals surface area (Å²) in [6.07, 6.45) is 6.08. The quantitative estimate of drug-likeness (QED) is 0.474. The summed E-state index contributed by atoms with van der Waals surface area (Å²) in [5.41, 5.74) is 5.50. The van der Waals surface area contributed by atoms with Crippen LogP contribution in [0.4, 0.5) is 5.88 Å². The van der Waals surface area contributed by atoms with E-state index in [-0.39, 0.29) is 0 Å². The molecule has 1 fully saturated rings. The predicted molar refractivity (Wildman–Crippen MR) is 115 cm³/mol. The lowest BCUT2D eigenvalue weighted by atomic mass is 9.95. The molecule has 0 radical (unpaired) electrons. The minimum atomic E-state index is 0.385. The van der Waals surface area contributed by atoms with Gasteiger partial charge in [0.05, 0.1) is 6.04 Å². The summed E-state index contributed by atoms with van der Waals surface area (Å²) in [5.74, 6) is 0.826. The van der Waals surface area contributed by atoms with Crippen LogP contribution < -0.4 is 15.8 Å². The maximum absolute atomic E-state index is 6.12. The third-order valence-corrected chi connectivity index (χ3v) is 5.34. The first-order valence-electron chi connectivity index (χ1n) is 9.66. The van der Waals surface area contributed by atoms with E-state index in [1.807, 2.05) is 36.4 Å². The molecule has 1 saturated carbocycles. The lowest BCUT2D eigenvalue weighted by Crippen LogP contribution is -2.52. The van der Waals surface area contributed by atoms with Gasteiger partial charge < -0.3 is 9.73 Å². The van der Waals surface area contributed by atoms with Gasteiger partial charge in [-0.25, -0.2) is 0 Å². The zero-order valence-corrected chi connectivity index (χ0v) is 16.2. The van der Waals surface area contributed by atoms with Crippen LogP contribution in [0, 0.1) is 0 Å². The average molecular weight is 380 g/mol.